The average molecular weight is 179 g/mol. The Bertz CT molecular complexity index is 274. The molecule has 0 aromatic heterocycles. The zero-order valence-electron chi connectivity index (χ0n) is 7.36. The molecule has 4 heteroatoms. The lowest BCUT2D eigenvalue weighted by atomic mass is 10.3. The third-order valence-corrected chi connectivity index (χ3v) is 1.51. The summed E-state index contributed by atoms with van der Waals surface area (Å²) < 4.78 is 0. The van der Waals surface area contributed by atoms with Crippen molar-refractivity contribution in [1.82, 2.24) is 5.32 Å². The van der Waals surface area contributed by atoms with Gasteiger partial charge in [0.05, 0.1) is 12.8 Å². The molecule has 1 rings (SSSR count). The molecule has 2 amide bonds. The van der Waals surface area contributed by atoms with Crippen molar-refractivity contribution < 1.29 is 9.63 Å². The van der Waals surface area contributed by atoms with Crippen LogP contribution in [0, 0.1) is 7.05 Å². The van der Waals surface area contributed by atoms with Gasteiger partial charge in [0.1, 0.15) is 0 Å². The first-order valence-corrected chi connectivity index (χ1v) is 3.76. The number of nitrogens with one attached hydrogen (secondary N) is 1. The predicted molar refractivity (Wildman–Crippen MR) is 49.8 cm³/mol. The van der Waals surface area contributed by atoms with Gasteiger partial charge in [0.2, 0.25) is 0 Å². The molecule has 0 spiro atoms. The van der Waals surface area contributed by atoms with Crippen molar-refractivity contribution in [3.63, 3.8) is 0 Å². The summed E-state index contributed by atoms with van der Waals surface area (Å²) in [5.41, 5.74) is 0.658. The van der Waals surface area contributed by atoms with Crippen LogP contribution in [-0.4, -0.2) is 13.1 Å². The highest BCUT2D eigenvalue weighted by Crippen LogP contribution is 2.12. The van der Waals surface area contributed by atoms with Gasteiger partial charge in [-0.25, -0.2) is 4.79 Å². The van der Waals surface area contributed by atoms with Gasteiger partial charge in [-0.2, -0.15) is 5.06 Å². The van der Waals surface area contributed by atoms with Crippen molar-refractivity contribution in [2.24, 2.45) is 0 Å². The second-order valence-electron chi connectivity index (χ2n) is 2.29. The van der Waals surface area contributed by atoms with Gasteiger partial charge in [-0.05, 0) is 12.1 Å². The molecule has 0 aliphatic heterocycles. The van der Waals surface area contributed by atoms with E-state index in [0.717, 1.165) is 5.06 Å². The fourth-order valence-corrected chi connectivity index (χ4v) is 0.941. The van der Waals surface area contributed by atoms with Crippen molar-refractivity contribution in [2.75, 3.05) is 12.2 Å². The highest BCUT2D eigenvalue weighted by molar-refractivity contribution is 5.89. The maximum absolute atomic E-state index is 11.2. The van der Waals surface area contributed by atoms with E-state index in [9.17, 15) is 4.79 Å². The molecule has 0 aliphatic rings. The molecule has 1 N–H and O–H groups in total. The van der Waals surface area contributed by atoms with Gasteiger partial charge < -0.3 is 5.32 Å². The fraction of sp³-hybridized carbons (Fsp3) is 0.111. The van der Waals surface area contributed by atoms with Crippen LogP contribution in [0.4, 0.5) is 10.5 Å². The molecule has 1 aromatic carbocycles. The number of rotatable bonds is 2. The summed E-state index contributed by atoms with van der Waals surface area (Å²) in [6, 6.07) is 8.61. The van der Waals surface area contributed by atoms with Crippen LogP contribution >= 0.6 is 0 Å². The monoisotopic (exact) mass is 179 g/mol. The van der Waals surface area contributed by atoms with Crippen LogP contribution in [0.25, 0.3) is 0 Å². The highest BCUT2D eigenvalue weighted by Gasteiger charge is 2.12. The standard InChI is InChI=1S/C9H11N2O2/c1-10-9(12)11(13-2)8-6-4-3-5-7-8/h3-7H,1H2,2H3,(H,10,12). The van der Waals surface area contributed by atoms with Gasteiger partial charge in [0, 0.05) is 7.05 Å². The van der Waals surface area contributed by atoms with Crippen molar-refractivity contribution in [3.05, 3.63) is 37.4 Å². The maximum atomic E-state index is 11.2. The molecule has 0 atom stereocenters. The van der Waals surface area contributed by atoms with Crippen LogP contribution in [0.5, 0.6) is 0 Å². The third-order valence-electron chi connectivity index (χ3n) is 1.51. The number of urea groups is 1. The summed E-state index contributed by atoms with van der Waals surface area (Å²) in [5, 5.41) is 3.34. The Labute approximate surface area is 77.1 Å². The molecule has 4 nitrogen and oxygen atoms in total. The minimum Gasteiger partial charge on any atom is -0.334 e. The lowest BCUT2D eigenvalue weighted by Crippen LogP contribution is -2.36. The number of benzene rings is 1. The van der Waals surface area contributed by atoms with Gasteiger partial charge in [-0.3, -0.25) is 4.84 Å². The molecule has 0 bridgehead atoms. The van der Waals surface area contributed by atoms with E-state index in [4.69, 9.17) is 4.84 Å². The first kappa shape index (κ1) is 9.54. The Balaban J connectivity index is 2.85. The van der Waals surface area contributed by atoms with Crippen molar-refractivity contribution in [1.29, 1.82) is 0 Å². The number of nitrogens with zero attached hydrogens (tertiary/aromatic N) is 1. The van der Waals surface area contributed by atoms with Crippen molar-refractivity contribution in [2.45, 2.75) is 0 Å². The summed E-state index contributed by atoms with van der Waals surface area (Å²) in [7, 11) is 4.68. The second-order valence-corrected chi connectivity index (χ2v) is 2.29. The fourth-order valence-electron chi connectivity index (χ4n) is 0.941. The minimum absolute atomic E-state index is 0.409. The van der Waals surface area contributed by atoms with Crippen molar-refractivity contribution in [3.8, 4) is 0 Å². The highest BCUT2D eigenvalue weighted by atomic mass is 16.7. The molecule has 0 fully saturated rings. The Morgan fingerprint density at radius 1 is 1.46 bits per heavy atom. The lowest BCUT2D eigenvalue weighted by molar-refractivity contribution is 0.165. The Hall–Kier alpha value is -1.55. The number of carbonyl (C=O) groups excluding carboxylic acids is 1. The number of carbonyl (C=O) groups is 1. The van der Waals surface area contributed by atoms with E-state index in [-0.39, 0.29) is 0 Å². The lowest BCUT2D eigenvalue weighted by Gasteiger charge is -2.18. The molecule has 0 saturated heterocycles. The number of hydrogen-bond donors (Lipinski definition) is 1. The van der Waals surface area contributed by atoms with Crippen LogP contribution in [0.1, 0.15) is 0 Å². The van der Waals surface area contributed by atoms with Crippen LogP contribution in [0.2, 0.25) is 0 Å². The van der Waals surface area contributed by atoms with E-state index < -0.39 is 6.03 Å². The molecular weight excluding hydrogens is 168 g/mol. The van der Waals surface area contributed by atoms with Gasteiger partial charge in [-0.1, -0.05) is 18.2 Å². The smallest absolute Gasteiger partial charge is 0.334 e. The third kappa shape index (κ3) is 2.19. The SMILES string of the molecule is [CH2]NC(=O)N(OC)c1ccccc1. The van der Waals surface area contributed by atoms with E-state index in [2.05, 4.69) is 12.4 Å². The van der Waals surface area contributed by atoms with Gasteiger partial charge in [0.15, 0.2) is 0 Å². The molecule has 13 heavy (non-hydrogen) atoms. The van der Waals surface area contributed by atoms with Gasteiger partial charge >= 0.3 is 6.03 Å². The molecular formula is C9H11N2O2. The molecule has 0 aliphatic carbocycles. The molecule has 0 heterocycles. The molecule has 1 aromatic rings. The predicted octanol–water partition coefficient (Wildman–Crippen LogP) is 1.56. The Morgan fingerprint density at radius 3 is 2.54 bits per heavy atom. The zero-order chi connectivity index (χ0) is 9.68. The van der Waals surface area contributed by atoms with E-state index in [1.54, 1.807) is 12.1 Å². The van der Waals surface area contributed by atoms with E-state index in [1.165, 1.54) is 7.11 Å². The van der Waals surface area contributed by atoms with Crippen LogP contribution in [0.3, 0.4) is 0 Å². The minimum atomic E-state index is -0.409. The van der Waals surface area contributed by atoms with Gasteiger partial charge in [0.25, 0.3) is 0 Å². The van der Waals surface area contributed by atoms with Crippen LogP contribution in [0.15, 0.2) is 30.3 Å². The van der Waals surface area contributed by atoms with E-state index in [0.29, 0.717) is 5.69 Å². The van der Waals surface area contributed by atoms with E-state index in [1.807, 2.05) is 18.2 Å². The van der Waals surface area contributed by atoms with Gasteiger partial charge in [-0.15, -0.1) is 0 Å². The van der Waals surface area contributed by atoms with Crippen molar-refractivity contribution >= 4 is 11.7 Å². The summed E-state index contributed by atoms with van der Waals surface area (Å²) in [4.78, 5) is 16.0. The number of hydroxylamine groups is 1. The summed E-state index contributed by atoms with van der Waals surface area (Å²) in [6.07, 6.45) is 0. The first-order valence-electron chi connectivity index (χ1n) is 3.76. The molecule has 0 unspecified atom stereocenters. The average Bonchev–Trinajstić information content (AvgIpc) is 2.20. The molecule has 1 radical (unpaired) electrons. The van der Waals surface area contributed by atoms with Crippen LogP contribution < -0.4 is 10.4 Å². The zero-order valence-corrected chi connectivity index (χ0v) is 7.36. The largest absolute Gasteiger partial charge is 0.346 e. The quantitative estimate of drug-likeness (QED) is 0.700. The number of para-hydroxylation sites is 1. The normalized spacial score (nSPS) is 9.38. The number of anilines is 1. The number of amides is 2. The molecule has 0 saturated carbocycles. The summed E-state index contributed by atoms with van der Waals surface area (Å²) in [6.45, 7) is 0. The maximum Gasteiger partial charge on any atom is 0.346 e. The Kier molecular flexibility index (Phi) is 3.28. The second kappa shape index (κ2) is 4.47. The summed E-state index contributed by atoms with van der Waals surface area (Å²) in [5.74, 6) is 0. The molecule has 69 valence electrons. The Morgan fingerprint density at radius 2 is 2.08 bits per heavy atom. The number of hydrogen-bond acceptors (Lipinski definition) is 2. The van der Waals surface area contributed by atoms with Crippen LogP contribution in [-0.2, 0) is 4.84 Å². The topological polar surface area (TPSA) is 41.6 Å². The van der Waals surface area contributed by atoms with E-state index >= 15 is 0 Å². The first-order chi connectivity index (χ1) is 6.29. The summed E-state index contributed by atoms with van der Waals surface area (Å²) >= 11 is 0.